The molecule has 0 aromatic carbocycles. The standard InChI is InChI=1S/C24H33ClN6O2S/c1-5-6-17-8-7-15(2)19(17)14-33-22-11-12-31(28-22)21-10-9-18(23(25)26-21)24(32)29-34-20-13-30(4)27-16(20)3/h9-13,15,17,19,22,28H,5-8,14H2,1-4H3,(H,29,32). The van der Waals surface area contributed by atoms with Gasteiger partial charge in [0, 0.05) is 19.4 Å². The summed E-state index contributed by atoms with van der Waals surface area (Å²) in [6.45, 7) is 7.24. The molecule has 0 spiro atoms. The highest BCUT2D eigenvalue weighted by atomic mass is 35.5. The Morgan fingerprint density at radius 2 is 2.21 bits per heavy atom. The van der Waals surface area contributed by atoms with Crippen molar-refractivity contribution in [2.24, 2.45) is 24.8 Å². The Morgan fingerprint density at radius 1 is 1.38 bits per heavy atom. The van der Waals surface area contributed by atoms with Crippen LogP contribution in [0.2, 0.25) is 5.15 Å². The van der Waals surface area contributed by atoms with Crippen molar-refractivity contribution in [3.05, 3.63) is 47.0 Å². The first-order valence-electron chi connectivity index (χ1n) is 11.8. The average molecular weight is 505 g/mol. The van der Waals surface area contributed by atoms with Crippen LogP contribution in [0, 0.1) is 24.7 Å². The number of hydrogen-bond acceptors (Lipinski definition) is 7. The molecule has 10 heteroatoms. The fraction of sp³-hybridized carbons (Fsp3) is 0.542. The van der Waals surface area contributed by atoms with Gasteiger partial charge in [0.2, 0.25) is 0 Å². The van der Waals surface area contributed by atoms with Gasteiger partial charge in [-0.3, -0.25) is 19.2 Å². The van der Waals surface area contributed by atoms with Gasteiger partial charge < -0.3 is 4.74 Å². The van der Waals surface area contributed by atoms with Gasteiger partial charge in [-0.25, -0.2) is 4.98 Å². The van der Waals surface area contributed by atoms with E-state index in [2.05, 4.69) is 34.1 Å². The summed E-state index contributed by atoms with van der Waals surface area (Å²) in [4.78, 5) is 17.9. The van der Waals surface area contributed by atoms with Crippen LogP contribution in [0.5, 0.6) is 0 Å². The van der Waals surface area contributed by atoms with Crippen molar-refractivity contribution in [1.29, 1.82) is 0 Å². The van der Waals surface area contributed by atoms with Gasteiger partial charge in [-0.15, -0.1) is 0 Å². The lowest BCUT2D eigenvalue weighted by Crippen LogP contribution is -2.38. The second kappa shape index (κ2) is 11.1. The fourth-order valence-corrected chi connectivity index (χ4v) is 5.74. The molecule has 34 heavy (non-hydrogen) atoms. The molecule has 2 aromatic rings. The van der Waals surface area contributed by atoms with Crippen LogP contribution < -0.4 is 15.2 Å². The molecule has 2 N–H and O–H groups in total. The van der Waals surface area contributed by atoms with Crippen molar-refractivity contribution < 1.29 is 9.53 Å². The van der Waals surface area contributed by atoms with Crippen LogP contribution in [0.4, 0.5) is 5.82 Å². The number of carbonyl (C=O) groups is 1. The third-order valence-electron chi connectivity index (χ3n) is 6.68. The van der Waals surface area contributed by atoms with Gasteiger partial charge in [0.1, 0.15) is 17.2 Å². The van der Waals surface area contributed by atoms with E-state index in [0.717, 1.165) is 23.1 Å². The number of rotatable bonds is 9. The number of aromatic nitrogens is 3. The van der Waals surface area contributed by atoms with Gasteiger partial charge in [-0.05, 0) is 61.3 Å². The van der Waals surface area contributed by atoms with Gasteiger partial charge in [0.05, 0.1) is 22.8 Å². The van der Waals surface area contributed by atoms with E-state index in [4.69, 9.17) is 16.3 Å². The van der Waals surface area contributed by atoms with E-state index in [0.29, 0.717) is 23.2 Å². The van der Waals surface area contributed by atoms with Crippen molar-refractivity contribution >= 4 is 35.3 Å². The molecule has 8 nitrogen and oxygen atoms in total. The molecule has 1 fully saturated rings. The lowest BCUT2D eigenvalue weighted by molar-refractivity contribution is 0.0223. The minimum absolute atomic E-state index is 0.139. The van der Waals surface area contributed by atoms with Gasteiger partial charge in [0.25, 0.3) is 5.91 Å². The summed E-state index contributed by atoms with van der Waals surface area (Å²) < 4.78 is 10.7. The van der Waals surface area contributed by atoms with Crippen LogP contribution in [0.3, 0.4) is 0 Å². The van der Waals surface area contributed by atoms with E-state index < -0.39 is 0 Å². The molecule has 184 valence electrons. The lowest BCUT2D eigenvalue weighted by atomic mass is 9.88. The minimum atomic E-state index is -0.309. The fourth-order valence-electron chi connectivity index (χ4n) is 4.80. The predicted octanol–water partition coefficient (Wildman–Crippen LogP) is 4.86. The first-order valence-corrected chi connectivity index (χ1v) is 13.0. The summed E-state index contributed by atoms with van der Waals surface area (Å²) in [6, 6.07) is 3.44. The van der Waals surface area contributed by atoms with E-state index in [-0.39, 0.29) is 17.3 Å². The molecule has 4 atom stereocenters. The molecule has 1 saturated carbocycles. The van der Waals surface area contributed by atoms with E-state index in [1.807, 2.05) is 32.4 Å². The Balaban J connectivity index is 1.30. The molecule has 1 aliphatic carbocycles. The monoisotopic (exact) mass is 504 g/mol. The number of hydrogen-bond donors (Lipinski definition) is 2. The predicted molar refractivity (Wildman–Crippen MR) is 135 cm³/mol. The van der Waals surface area contributed by atoms with E-state index in [1.165, 1.54) is 37.6 Å². The Kier molecular flexibility index (Phi) is 8.18. The molecule has 1 aliphatic heterocycles. The van der Waals surface area contributed by atoms with Gasteiger partial charge >= 0.3 is 0 Å². The molecular weight excluding hydrogens is 472 g/mol. The first kappa shape index (κ1) is 25.0. The zero-order valence-corrected chi connectivity index (χ0v) is 21.7. The molecule has 4 rings (SSSR count). The Bertz CT molecular complexity index is 1040. The summed E-state index contributed by atoms with van der Waals surface area (Å²) in [7, 11) is 1.84. The molecule has 2 aliphatic rings. The third kappa shape index (κ3) is 5.76. The van der Waals surface area contributed by atoms with Crippen molar-refractivity contribution in [2.45, 2.75) is 57.6 Å². The number of pyridine rings is 1. The van der Waals surface area contributed by atoms with E-state index in [1.54, 1.807) is 21.8 Å². The second-order valence-corrected chi connectivity index (χ2v) is 10.4. The summed E-state index contributed by atoms with van der Waals surface area (Å²) in [5.41, 5.74) is 4.45. The number of aryl methyl sites for hydroxylation is 2. The summed E-state index contributed by atoms with van der Waals surface area (Å²) in [6.07, 6.45) is 10.6. The maximum absolute atomic E-state index is 12.6. The number of halogens is 1. The summed E-state index contributed by atoms with van der Waals surface area (Å²) in [5, 5.41) is 6.18. The molecule has 0 saturated heterocycles. The number of anilines is 1. The lowest BCUT2D eigenvalue weighted by Gasteiger charge is -2.25. The zero-order valence-electron chi connectivity index (χ0n) is 20.1. The summed E-state index contributed by atoms with van der Waals surface area (Å²) >= 11 is 7.57. The highest BCUT2D eigenvalue weighted by Gasteiger charge is 2.33. The Labute approximate surface area is 210 Å². The molecule has 0 radical (unpaired) electrons. The smallest absolute Gasteiger partial charge is 0.264 e. The molecule has 3 heterocycles. The largest absolute Gasteiger partial charge is 0.358 e. The highest BCUT2D eigenvalue weighted by molar-refractivity contribution is 7.98. The third-order valence-corrected chi connectivity index (χ3v) is 7.88. The second-order valence-electron chi connectivity index (χ2n) is 9.16. The SMILES string of the molecule is CCCC1CCC(C)C1COC1C=CN(c2ccc(C(=O)NSc3cn(C)nc3C)c(Cl)n2)N1. The van der Waals surface area contributed by atoms with Crippen LogP contribution in [-0.2, 0) is 11.8 Å². The number of nitrogens with zero attached hydrogens (tertiary/aromatic N) is 4. The van der Waals surface area contributed by atoms with Crippen molar-refractivity contribution in [1.82, 2.24) is 24.9 Å². The molecule has 2 aromatic heterocycles. The number of carbonyl (C=O) groups excluding carboxylic acids is 1. The number of nitrogens with one attached hydrogen (secondary N) is 2. The first-order chi connectivity index (χ1) is 16.4. The maximum atomic E-state index is 12.6. The van der Waals surface area contributed by atoms with Crippen molar-refractivity contribution in [3.63, 3.8) is 0 Å². The number of hydrazine groups is 1. The normalized spacial score (nSPS) is 24.2. The van der Waals surface area contributed by atoms with Gasteiger partial charge in [0.15, 0.2) is 0 Å². The topological polar surface area (TPSA) is 84.3 Å². The van der Waals surface area contributed by atoms with Crippen LogP contribution in [-0.4, -0.2) is 33.5 Å². The van der Waals surface area contributed by atoms with Crippen molar-refractivity contribution in [3.8, 4) is 0 Å². The van der Waals surface area contributed by atoms with Crippen LogP contribution in [0.25, 0.3) is 0 Å². The van der Waals surface area contributed by atoms with Crippen LogP contribution >= 0.6 is 23.5 Å². The van der Waals surface area contributed by atoms with E-state index in [9.17, 15) is 4.79 Å². The van der Waals surface area contributed by atoms with Crippen LogP contribution in [0.1, 0.15) is 55.6 Å². The maximum Gasteiger partial charge on any atom is 0.264 e. The Hall–Kier alpha value is -2.07. The molecule has 4 unspecified atom stereocenters. The number of amides is 1. The molecule has 0 bridgehead atoms. The van der Waals surface area contributed by atoms with Gasteiger partial charge in [-0.2, -0.15) is 10.5 Å². The molecular formula is C24H33ClN6O2S. The average Bonchev–Trinajstić information content (AvgIpc) is 3.50. The number of ether oxygens (including phenoxy) is 1. The Morgan fingerprint density at radius 3 is 2.91 bits per heavy atom. The summed E-state index contributed by atoms with van der Waals surface area (Å²) in [5.74, 6) is 2.37. The minimum Gasteiger partial charge on any atom is -0.358 e. The highest BCUT2D eigenvalue weighted by Crippen LogP contribution is 2.39. The molecule has 1 amide bonds. The quantitative estimate of drug-likeness (QED) is 0.372. The van der Waals surface area contributed by atoms with E-state index >= 15 is 0 Å². The zero-order chi connectivity index (χ0) is 24.2. The van der Waals surface area contributed by atoms with Gasteiger partial charge in [-0.1, -0.05) is 44.7 Å². The van der Waals surface area contributed by atoms with Crippen LogP contribution in [0.15, 0.2) is 35.5 Å². The van der Waals surface area contributed by atoms with Crippen molar-refractivity contribution in [2.75, 3.05) is 11.6 Å².